The summed E-state index contributed by atoms with van der Waals surface area (Å²) in [6.45, 7) is 9.39. The molecule has 6 nitrogen and oxygen atoms in total. The number of hydrogen-bond donors (Lipinski definition) is 1. The first-order chi connectivity index (χ1) is 8.27. The highest BCUT2D eigenvalue weighted by Gasteiger charge is 2.28. The van der Waals surface area contributed by atoms with Crippen LogP contribution in [0.25, 0.3) is 0 Å². The molecule has 0 spiro atoms. The first-order valence-corrected chi connectivity index (χ1v) is 6.14. The van der Waals surface area contributed by atoms with Crippen LogP contribution in [0.2, 0.25) is 0 Å². The van der Waals surface area contributed by atoms with Gasteiger partial charge in [0.15, 0.2) is 5.69 Å². The number of rotatable bonds is 4. The highest BCUT2D eigenvalue weighted by molar-refractivity contribution is 5.91. The minimum absolute atomic E-state index is 0.0255. The molecule has 1 unspecified atom stereocenters. The third-order valence-electron chi connectivity index (χ3n) is 3.27. The second kappa shape index (κ2) is 5.48. The second-order valence-electron chi connectivity index (χ2n) is 5.61. The average molecular weight is 253 g/mol. The van der Waals surface area contributed by atoms with Gasteiger partial charge in [0.1, 0.15) is 0 Å². The lowest BCUT2D eigenvalue weighted by molar-refractivity contribution is 0.0623. The molecule has 0 saturated heterocycles. The van der Waals surface area contributed by atoms with Crippen molar-refractivity contribution >= 4 is 5.91 Å². The van der Waals surface area contributed by atoms with Crippen molar-refractivity contribution in [1.29, 1.82) is 0 Å². The lowest BCUT2D eigenvalue weighted by atomic mass is 9.87. The fraction of sp³-hybridized carbons (Fsp3) is 0.750. The fourth-order valence-corrected chi connectivity index (χ4v) is 1.58. The third kappa shape index (κ3) is 3.29. The van der Waals surface area contributed by atoms with Crippen LogP contribution in [-0.4, -0.2) is 45.4 Å². The Balaban J connectivity index is 2.80. The van der Waals surface area contributed by atoms with Gasteiger partial charge in [0.2, 0.25) is 0 Å². The summed E-state index contributed by atoms with van der Waals surface area (Å²) >= 11 is 0. The van der Waals surface area contributed by atoms with Crippen molar-refractivity contribution in [1.82, 2.24) is 19.9 Å². The molecular weight excluding hydrogens is 230 g/mol. The van der Waals surface area contributed by atoms with E-state index in [1.165, 1.54) is 0 Å². The van der Waals surface area contributed by atoms with Crippen molar-refractivity contribution in [2.24, 2.45) is 11.1 Å². The zero-order chi connectivity index (χ0) is 13.9. The lowest BCUT2D eigenvalue weighted by Crippen LogP contribution is -2.43. The van der Waals surface area contributed by atoms with Gasteiger partial charge in [-0.25, -0.2) is 0 Å². The molecule has 0 radical (unpaired) electrons. The molecule has 1 rings (SSSR count). The highest BCUT2D eigenvalue weighted by Crippen LogP contribution is 2.23. The van der Waals surface area contributed by atoms with Gasteiger partial charge in [-0.05, 0) is 12.3 Å². The number of amides is 1. The van der Waals surface area contributed by atoms with E-state index in [9.17, 15) is 4.79 Å². The van der Waals surface area contributed by atoms with Crippen LogP contribution in [-0.2, 0) is 6.54 Å². The summed E-state index contributed by atoms with van der Waals surface area (Å²) in [5, 5.41) is 7.76. The van der Waals surface area contributed by atoms with Crippen LogP contribution in [0, 0.1) is 5.41 Å². The van der Waals surface area contributed by atoms with Crippen molar-refractivity contribution in [3.05, 3.63) is 11.9 Å². The minimum atomic E-state index is -0.110. The number of hydrogen-bond acceptors (Lipinski definition) is 4. The molecule has 0 bridgehead atoms. The van der Waals surface area contributed by atoms with Crippen LogP contribution in [0.4, 0.5) is 0 Å². The summed E-state index contributed by atoms with van der Waals surface area (Å²) in [5.74, 6) is -0.110. The maximum absolute atomic E-state index is 12.2. The van der Waals surface area contributed by atoms with Gasteiger partial charge in [-0.2, -0.15) is 0 Å². The smallest absolute Gasteiger partial charge is 0.276 e. The van der Waals surface area contributed by atoms with Crippen LogP contribution in [0.1, 0.15) is 38.2 Å². The molecule has 2 N–H and O–H groups in total. The Morgan fingerprint density at radius 1 is 1.56 bits per heavy atom. The van der Waals surface area contributed by atoms with E-state index >= 15 is 0 Å². The lowest BCUT2D eigenvalue weighted by Gasteiger charge is -2.34. The molecule has 1 aromatic heterocycles. The zero-order valence-corrected chi connectivity index (χ0v) is 11.8. The normalized spacial score (nSPS) is 13.4. The largest absolute Gasteiger partial charge is 0.337 e. The quantitative estimate of drug-likeness (QED) is 0.858. The van der Waals surface area contributed by atoms with E-state index in [4.69, 9.17) is 5.73 Å². The predicted octanol–water partition coefficient (Wildman–Crippen LogP) is 0.743. The van der Waals surface area contributed by atoms with Gasteiger partial charge in [-0.1, -0.05) is 26.0 Å². The number of nitrogens with zero attached hydrogens (tertiary/aromatic N) is 4. The fourth-order valence-electron chi connectivity index (χ4n) is 1.58. The van der Waals surface area contributed by atoms with Gasteiger partial charge in [0.25, 0.3) is 5.91 Å². The molecule has 0 aliphatic heterocycles. The number of aromatic nitrogens is 3. The van der Waals surface area contributed by atoms with Gasteiger partial charge >= 0.3 is 0 Å². The van der Waals surface area contributed by atoms with Crippen LogP contribution in [0.15, 0.2) is 6.20 Å². The summed E-state index contributed by atoms with van der Waals surface area (Å²) in [4.78, 5) is 13.9. The molecule has 6 heteroatoms. The van der Waals surface area contributed by atoms with E-state index in [-0.39, 0.29) is 17.4 Å². The molecule has 1 aromatic rings. The van der Waals surface area contributed by atoms with E-state index in [1.54, 1.807) is 22.8 Å². The maximum atomic E-state index is 12.2. The van der Waals surface area contributed by atoms with Crippen molar-refractivity contribution in [2.75, 3.05) is 13.6 Å². The summed E-state index contributed by atoms with van der Waals surface area (Å²) in [7, 11) is 1.79. The molecule has 1 heterocycles. The molecule has 0 fully saturated rings. The van der Waals surface area contributed by atoms with Gasteiger partial charge < -0.3 is 10.6 Å². The summed E-state index contributed by atoms with van der Waals surface area (Å²) in [5.41, 5.74) is 5.82. The Kier molecular flexibility index (Phi) is 4.45. The number of carbonyl (C=O) groups is 1. The SMILES string of the molecule is CC(N(C)C(=O)c1cn(CCN)nn1)C(C)(C)C. The molecule has 102 valence electrons. The average Bonchev–Trinajstić information content (AvgIpc) is 2.74. The van der Waals surface area contributed by atoms with Crippen LogP contribution >= 0.6 is 0 Å². The third-order valence-corrected chi connectivity index (χ3v) is 3.27. The molecular formula is C12H23N5O. The van der Waals surface area contributed by atoms with Crippen molar-refractivity contribution in [3.63, 3.8) is 0 Å². The Morgan fingerprint density at radius 3 is 2.67 bits per heavy atom. The molecule has 1 atom stereocenters. The Bertz CT molecular complexity index is 407. The number of nitrogens with two attached hydrogens (primary N) is 1. The second-order valence-corrected chi connectivity index (χ2v) is 5.61. The molecule has 0 saturated carbocycles. The van der Waals surface area contributed by atoms with Crippen molar-refractivity contribution in [2.45, 2.75) is 40.3 Å². The van der Waals surface area contributed by atoms with Gasteiger partial charge in [-0.15, -0.1) is 5.10 Å². The molecule has 0 aromatic carbocycles. The van der Waals surface area contributed by atoms with Crippen molar-refractivity contribution < 1.29 is 4.79 Å². The number of carbonyl (C=O) groups excluding carboxylic acids is 1. The summed E-state index contributed by atoms with van der Waals surface area (Å²) < 4.78 is 1.59. The minimum Gasteiger partial charge on any atom is -0.337 e. The topological polar surface area (TPSA) is 77.0 Å². The van der Waals surface area contributed by atoms with E-state index in [1.807, 2.05) is 6.92 Å². The van der Waals surface area contributed by atoms with E-state index in [0.29, 0.717) is 18.8 Å². The van der Waals surface area contributed by atoms with E-state index < -0.39 is 0 Å². The van der Waals surface area contributed by atoms with E-state index in [0.717, 1.165) is 0 Å². The van der Waals surface area contributed by atoms with Crippen LogP contribution in [0.3, 0.4) is 0 Å². The Labute approximate surface area is 108 Å². The van der Waals surface area contributed by atoms with E-state index in [2.05, 4.69) is 31.1 Å². The summed E-state index contributed by atoms with van der Waals surface area (Å²) in [6, 6.07) is 0.115. The molecule has 0 aliphatic carbocycles. The highest BCUT2D eigenvalue weighted by atomic mass is 16.2. The summed E-state index contributed by atoms with van der Waals surface area (Å²) in [6.07, 6.45) is 1.64. The zero-order valence-electron chi connectivity index (χ0n) is 11.8. The Morgan fingerprint density at radius 2 is 2.17 bits per heavy atom. The van der Waals surface area contributed by atoms with Crippen LogP contribution < -0.4 is 5.73 Å². The maximum Gasteiger partial charge on any atom is 0.276 e. The van der Waals surface area contributed by atoms with Crippen LogP contribution in [0.5, 0.6) is 0 Å². The van der Waals surface area contributed by atoms with Gasteiger partial charge in [-0.3, -0.25) is 9.48 Å². The van der Waals surface area contributed by atoms with Gasteiger partial charge in [0, 0.05) is 19.6 Å². The predicted molar refractivity (Wildman–Crippen MR) is 70.1 cm³/mol. The monoisotopic (exact) mass is 253 g/mol. The van der Waals surface area contributed by atoms with Crippen molar-refractivity contribution in [3.8, 4) is 0 Å². The molecule has 18 heavy (non-hydrogen) atoms. The first kappa shape index (κ1) is 14.6. The van der Waals surface area contributed by atoms with Gasteiger partial charge in [0.05, 0.1) is 12.7 Å². The molecule has 0 aliphatic rings. The standard InChI is InChI=1S/C12H23N5O/c1-9(12(2,3)4)16(5)11(18)10-8-17(7-6-13)15-14-10/h8-9H,6-7,13H2,1-5H3. The first-order valence-electron chi connectivity index (χ1n) is 6.14. The Hall–Kier alpha value is -1.43. The molecule has 1 amide bonds.